The maximum atomic E-state index is 13.3. The van der Waals surface area contributed by atoms with Gasteiger partial charge >= 0.3 is 17.9 Å². The van der Waals surface area contributed by atoms with Gasteiger partial charge in [0.15, 0.2) is 28.8 Å². The maximum absolute atomic E-state index is 13.3. The first-order chi connectivity index (χ1) is 23.5. The Hall–Kier alpha value is -5.03. The molecule has 5 atom stereocenters. The van der Waals surface area contributed by atoms with Crippen molar-refractivity contribution < 1.29 is 38.1 Å². The number of carbonyl (C=O) groups is 3. The highest BCUT2D eigenvalue weighted by Crippen LogP contribution is 2.44. The Bertz CT molecular complexity index is 1850. The van der Waals surface area contributed by atoms with E-state index < -0.39 is 47.5 Å². The van der Waals surface area contributed by atoms with Crippen molar-refractivity contribution in [1.29, 1.82) is 0 Å². The molecule has 2 aromatic heterocycles. The monoisotopic (exact) mass is 689 g/mol. The van der Waals surface area contributed by atoms with Crippen molar-refractivity contribution >= 4 is 46.5 Å². The molecule has 0 saturated carbocycles. The van der Waals surface area contributed by atoms with E-state index in [1.807, 2.05) is 60.7 Å². The maximum Gasteiger partial charge on any atom is 0.338 e. The number of imidazole rings is 1. The molecule has 1 fully saturated rings. The number of fused-ring (bicyclic) bond motifs is 1. The number of hydrogen-bond acceptors (Lipinski definition) is 12. The summed E-state index contributed by atoms with van der Waals surface area (Å²) >= 11 is 6.37. The van der Waals surface area contributed by atoms with Gasteiger partial charge in [0.2, 0.25) is 17.0 Å². The van der Waals surface area contributed by atoms with E-state index >= 15 is 0 Å². The van der Waals surface area contributed by atoms with Crippen molar-refractivity contribution in [3.63, 3.8) is 0 Å². The van der Waals surface area contributed by atoms with E-state index in [9.17, 15) is 14.4 Å². The van der Waals surface area contributed by atoms with Crippen LogP contribution in [0.25, 0.3) is 11.2 Å². The highest BCUT2D eigenvalue weighted by molar-refractivity contribution is 6.28. The molecule has 256 valence electrons. The van der Waals surface area contributed by atoms with E-state index in [-0.39, 0.29) is 30.6 Å². The quantitative estimate of drug-likeness (QED) is 0.0914. The summed E-state index contributed by atoms with van der Waals surface area (Å²) in [6, 6.07) is 18.9. The van der Waals surface area contributed by atoms with Gasteiger partial charge in [-0.05, 0) is 36.6 Å². The Balaban J connectivity index is 1.53. The lowest BCUT2D eigenvalue weighted by Gasteiger charge is -2.34. The molecule has 4 aromatic rings. The molecule has 14 heteroatoms. The highest BCUT2D eigenvalue weighted by Gasteiger charge is 2.62. The van der Waals surface area contributed by atoms with Crippen LogP contribution in [-0.2, 0) is 51.0 Å². The number of esters is 3. The van der Waals surface area contributed by atoms with Gasteiger partial charge in [-0.2, -0.15) is 9.97 Å². The van der Waals surface area contributed by atoms with Crippen LogP contribution in [0.1, 0.15) is 45.0 Å². The first kappa shape index (κ1) is 35.3. The number of nitrogens with one attached hydrogen (secondary N) is 1. The third-order valence-corrected chi connectivity index (χ3v) is 8.08. The molecule has 3 heterocycles. The molecule has 2 aromatic carbocycles. The van der Waals surface area contributed by atoms with Gasteiger partial charge in [-0.3, -0.25) is 14.2 Å². The number of terminal acetylenes is 1. The van der Waals surface area contributed by atoms with E-state index in [0.29, 0.717) is 17.9 Å². The Labute approximate surface area is 288 Å². The number of aromatic nitrogens is 4. The zero-order valence-corrected chi connectivity index (χ0v) is 28.2. The lowest BCUT2D eigenvalue weighted by atomic mass is 9.91. The van der Waals surface area contributed by atoms with Crippen molar-refractivity contribution in [2.45, 2.75) is 70.3 Å². The second-order valence-electron chi connectivity index (χ2n) is 11.5. The molecule has 0 radical (unpaired) electrons. The van der Waals surface area contributed by atoms with Gasteiger partial charge in [-0.1, -0.05) is 66.6 Å². The number of ether oxygens (including phenoxy) is 5. The highest BCUT2D eigenvalue weighted by atomic mass is 35.5. The molecular formula is C35H36ClN5O8. The molecule has 1 aliphatic heterocycles. The molecule has 1 aliphatic rings. The summed E-state index contributed by atoms with van der Waals surface area (Å²) in [6.45, 7) is 5.78. The fourth-order valence-electron chi connectivity index (χ4n) is 5.69. The Kier molecular flexibility index (Phi) is 10.8. The molecule has 1 saturated heterocycles. The lowest BCUT2D eigenvalue weighted by Crippen LogP contribution is -2.54. The predicted octanol–water partition coefficient (Wildman–Crippen LogP) is 4.44. The Morgan fingerprint density at radius 1 is 1.06 bits per heavy atom. The van der Waals surface area contributed by atoms with Gasteiger partial charge < -0.3 is 29.0 Å². The third kappa shape index (κ3) is 7.67. The summed E-state index contributed by atoms with van der Waals surface area (Å²) in [5.41, 5.74) is -1.16. The van der Waals surface area contributed by atoms with Crippen molar-refractivity contribution in [1.82, 2.24) is 19.5 Å². The predicted molar refractivity (Wildman–Crippen MR) is 178 cm³/mol. The molecule has 0 amide bonds. The number of carbonyl (C=O) groups excluding carboxylic acids is 3. The van der Waals surface area contributed by atoms with Gasteiger partial charge in [0.1, 0.15) is 6.10 Å². The topological polar surface area (TPSA) is 153 Å². The number of nitrogens with zero attached hydrogens (tertiary/aromatic N) is 4. The summed E-state index contributed by atoms with van der Waals surface area (Å²) in [5.74, 6) is 0.736. The fraction of sp³-hybridized carbons (Fsp3) is 0.371. The lowest BCUT2D eigenvalue weighted by molar-refractivity contribution is -0.185. The van der Waals surface area contributed by atoms with Crippen molar-refractivity contribution in [3.05, 3.63) is 83.4 Å². The summed E-state index contributed by atoms with van der Waals surface area (Å²) in [4.78, 5) is 51.6. The normalized spacial score (nSPS) is 21.3. The van der Waals surface area contributed by atoms with E-state index in [4.69, 9.17) is 41.7 Å². The number of rotatable bonds is 13. The van der Waals surface area contributed by atoms with E-state index in [1.54, 1.807) is 13.8 Å². The molecule has 0 aliphatic carbocycles. The summed E-state index contributed by atoms with van der Waals surface area (Å²) in [6.07, 6.45) is 3.72. The second-order valence-corrected chi connectivity index (χ2v) is 11.8. The fourth-order valence-corrected chi connectivity index (χ4v) is 5.86. The zero-order chi connectivity index (χ0) is 35.2. The smallest absolute Gasteiger partial charge is 0.338 e. The molecule has 1 N–H and O–H groups in total. The standard InChI is InChI=1S/C35H36ClN5O8/c1-6-35(49-23(4)43)26(20-46-34(5,32(44)45-7-2)18-24-14-10-8-11-15-24)48-31(28(35)47-22(3)42)41-21-38-27-29(39-33(36)40-30(27)41)37-19-25-16-12-9-13-17-25/h1,8-17,21,26,28,31H,7,18-20H2,2-5H3,(H,37,39,40)/t26-,28+,31-,34?,35-/m1/s1. The first-order valence-corrected chi connectivity index (χ1v) is 15.9. The minimum atomic E-state index is -2.01. The van der Waals surface area contributed by atoms with Gasteiger partial charge in [-0.15, -0.1) is 6.42 Å². The largest absolute Gasteiger partial charge is 0.464 e. The van der Waals surface area contributed by atoms with Crippen LogP contribution < -0.4 is 5.32 Å². The molecule has 0 spiro atoms. The molecule has 49 heavy (non-hydrogen) atoms. The first-order valence-electron chi connectivity index (χ1n) is 15.5. The number of benzene rings is 2. The molecule has 13 nitrogen and oxygen atoms in total. The number of hydrogen-bond donors (Lipinski definition) is 1. The van der Waals surface area contributed by atoms with Crippen molar-refractivity contribution in [2.24, 2.45) is 0 Å². The zero-order valence-electron chi connectivity index (χ0n) is 27.4. The third-order valence-electron chi connectivity index (χ3n) is 7.91. The summed E-state index contributed by atoms with van der Waals surface area (Å²) < 4.78 is 31.1. The van der Waals surface area contributed by atoms with Crippen LogP contribution in [-0.4, -0.2) is 74.1 Å². The van der Waals surface area contributed by atoms with Crippen LogP contribution in [0.5, 0.6) is 0 Å². The van der Waals surface area contributed by atoms with Gasteiger partial charge in [-0.25, -0.2) is 9.78 Å². The van der Waals surface area contributed by atoms with Crippen LogP contribution >= 0.6 is 11.6 Å². The molecular weight excluding hydrogens is 654 g/mol. The van der Waals surface area contributed by atoms with Crippen molar-refractivity contribution in [2.75, 3.05) is 18.5 Å². The minimum Gasteiger partial charge on any atom is -0.464 e. The van der Waals surface area contributed by atoms with Crippen LogP contribution in [0.3, 0.4) is 0 Å². The average molecular weight is 690 g/mol. The average Bonchev–Trinajstić information content (AvgIpc) is 3.62. The van der Waals surface area contributed by atoms with Gasteiger partial charge in [0, 0.05) is 26.8 Å². The van der Waals surface area contributed by atoms with Crippen molar-refractivity contribution in [3.8, 4) is 12.3 Å². The summed E-state index contributed by atoms with van der Waals surface area (Å²) in [7, 11) is 0. The van der Waals surface area contributed by atoms with Crippen LogP contribution in [0.2, 0.25) is 5.28 Å². The SMILES string of the molecule is C#C[C@@]1(OC(C)=O)[C@@H](COC(C)(Cc2ccccc2)C(=O)OCC)O[C@@H](n2cnc3c(NCc4ccccc4)nc(Cl)nc32)[C@@H]1OC(C)=O. The minimum absolute atomic E-state index is 0.0963. The summed E-state index contributed by atoms with van der Waals surface area (Å²) in [5, 5.41) is 3.13. The number of halogens is 1. The Morgan fingerprint density at radius 3 is 2.35 bits per heavy atom. The van der Waals surface area contributed by atoms with Crippen LogP contribution in [0.15, 0.2) is 67.0 Å². The second kappa shape index (κ2) is 15.0. The molecule has 1 unspecified atom stereocenters. The number of anilines is 1. The van der Waals surface area contributed by atoms with Crippen LogP contribution in [0, 0.1) is 12.3 Å². The van der Waals surface area contributed by atoms with E-state index in [1.165, 1.54) is 17.8 Å². The molecule has 0 bridgehead atoms. The van der Waals surface area contributed by atoms with Gasteiger partial charge in [0.25, 0.3) is 0 Å². The van der Waals surface area contributed by atoms with Crippen LogP contribution in [0.4, 0.5) is 5.82 Å². The molecule has 5 rings (SSSR count). The Morgan fingerprint density at radius 2 is 1.73 bits per heavy atom. The van der Waals surface area contributed by atoms with Gasteiger partial charge in [0.05, 0.1) is 19.5 Å². The van der Waals surface area contributed by atoms with E-state index in [2.05, 4.69) is 26.2 Å². The van der Waals surface area contributed by atoms with E-state index in [0.717, 1.165) is 18.1 Å².